The quantitative estimate of drug-likeness (QED) is 0.432. The molecule has 9 heteroatoms. The lowest BCUT2D eigenvalue weighted by atomic mass is 9.78. The van der Waals surface area contributed by atoms with Crippen LogP contribution in [0.3, 0.4) is 0 Å². The van der Waals surface area contributed by atoms with Crippen LogP contribution >= 0.6 is 0 Å². The van der Waals surface area contributed by atoms with E-state index in [1.807, 2.05) is 36.4 Å². The second-order valence-electron chi connectivity index (χ2n) is 8.86. The van der Waals surface area contributed by atoms with Crippen molar-refractivity contribution < 1.29 is 19.0 Å². The number of benzene rings is 2. The van der Waals surface area contributed by atoms with E-state index in [1.165, 1.54) is 4.57 Å². The highest BCUT2D eigenvalue weighted by Gasteiger charge is 2.45. The average molecular weight is 460 g/mol. The predicted molar refractivity (Wildman–Crippen MR) is 123 cm³/mol. The number of aromatic nitrogens is 4. The zero-order valence-corrected chi connectivity index (χ0v) is 18.8. The summed E-state index contributed by atoms with van der Waals surface area (Å²) in [4.78, 5) is 26.2. The van der Waals surface area contributed by atoms with Crippen molar-refractivity contribution in [3.8, 4) is 11.5 Å². The third-order valence-electron chi connectivity index (χ3n) is 6.97. The number of rotatable bonds is 4. The molecule has 174 valence electrons. The molecular weight excluding hydrogens is 436 g/mol. The maximum atomic E-state index is 13.5. The summed E-state index contributed by atoms with van der Waals surface area (Å²) < 4.78 is 20.5. The lowest BCUT2D eigenvalue weighted by molar-refractivity contribution is -0.152. The number of aryl methyl sites for hydroxylation is 1. The number of carbonyl (C=O) groups excluding carboxylic acids is 1. The van der Waals surface area contributed by atoms with E-state index >= 15 is 0 Å². The number of hydrogen-bond acceptors (Lipinski definition) is 7. The van der Waals surface area contributed by atoms with Gasteiger partial charge in [0.15, 0.2) is 23.9 Å². The summed E-state index contributed by atoms with van der Waals surface area (Å²) >= 11 is 0. The standard InChI is InChI=1S/C25H24N4O5/c1-28-22(30)17-6-2-3-7-18(17)29-21(26-27-24(28)29)15-34-23(31)25(10-4-5-11-25)16-8-9-19-20(14-16)33-13-12-32-19/h2-3,6-9,14H,4-5,10-13,15H2,1H3. The second-order valence-corrected chi connectivity index (χ2v) is 8.86. The van der Waals surface area contributed by atoms with Gasteiger partial charge in [-0.1, -0.05) is 31.0 Å². The Hall–Kier alpha value is -3.88. The summed E-state index contributed by atoms with van der Waals surface area (Å²) in [6.07, 6.45) is 3.32. The highest BCUT2D eigenvalue weighted by molar-refractivity contribution is 5.84. The molecule has 0 radical (unpaired) electrons. The van der Waals surface area contributed by atoms with Gasteiger partial charge in [0, 0.05) is 7.05 Å². The zero-order valence-electron chi connectivity index (χ0n) is 18.8. The van der Waals surface area contributed by atoms with Crippen LogP contribution in [-0.2, 0) is 28.6 Å². The molecule has 0 N–H and O–H groups in total. The molecule has 0 atom stereocenters. The van der Waals surface area contributed by atoms with E-state index in [-0.39, 0.29) is 18.1 Å². The van der Waals surface area contributed by atoms with Crippen LogP contribution in [0.4, 0.5) is 0 Å². The van der Waals surface area contributed by atoms with Crippen LogP contribution in [0.5, 0.6) is 11.5 Å². The first kappa shape index (κ1) is 20.7. The number of para-hydroxylation sites is 1. The minimum Gasteiger partial charge on any atom is -0.486 e. The van der Waals surface area contributed by atoms with Gasteiger partial charge in [-0.25, -0.2) is 0 Å². The van der Waals surface area contributed by atoms with Crippen molar-refractivity contribution in [1.82, 2.24) is 19.2 Å². The van der Waals surface area contributed by atoms with Crippen LogP contribution in [0, 0.1) is 0 Å². The Balaban J connectivity index is 1.34. The summed E-state index contributed by atoms with van der Waals surface area (Å²) in [5, 5.41) is 8.97. The molecule has 1 aliphatic heterocycles. The SMILES string of the molecule is Cn1c(=O)c2ccccc2n2c(COC(=O)C3(c4ccc5c(c4)OCCO5)CCCC3)nnc12. The summed E-state index contributed by atoms with van der Waals surface area (Å²) in [7, 11) is 1.66. The van der Waals surface area contributed by atoms with Crippen molar-refractivity contribution in [1.29, 1.82) is 0 Å². The first-order valence-electron chi connectivity index (χ1n) is 11.5. The summed E-state index contributed by atoms with van der Waals surface area (Å²) in [6, 6.07) is 13.0. The van der Waals surface area contributed by atoms with Crippen LogP contribution in [-0.4, -0.2) is 38.3 Å². The third-order valence-corrected chi connectivity index (χ3v) is 6.97. The molecule has 2 aromatic carbocycles. The average Bonchev–Trinajstić information content (AvgIpc) is 3.54. The molecule has 0 amide bonds. The molecule has 0 spiro atoms. The van der Waals surface area contributed by atoms with Crippen molar-refractivity contribution in [3.05, 3.63) is 64.2 Å². The molecule has 3 heterocycles. The maximum absolute atomic E-state index is 13.5. The van der Waals surface area contributed by atoms with Gasteiger partial charge in [0.05, 0.1) is 16.3 Å². The highest BCUT2D eigenvalue weighted by Crippen LogP contribution is 2.45. The monoisotopic (exact) mass is 460 g/mol. The molecule has 0 bridgehead atoms. The maximum Gasteiger partial charge on any atom is 0.317 e. The second kappa shape index (κ2) is 7.86. The van der Waals surface area contributed by atoms with E-state index in [2.05, 4.69) is 10.2 Å². The molecule has 34 heavy (non-hydrogen) atoms. The molecule has 0 unspecified atom stereocenters. The number of fused-ring (bicyclic) bond motifs is 4. The van der Waals surface area contributed by atoms with Crippen molar-refractivity contribution in [2.24, 2.45) is 7.05 Å². The Kier molecular flexibility index (Phi) is 4.79. The van der Waals surface area contributed by atoms with Crippen LogP contribution in [0.1, 0.15) is 37.1 Å². The molecule has 4 aromatic rings. The summed E-state index contributed by atoms with van der Waals surface area (Å²) in [5.41, 5.74) is 0.686. The summed E-state index contributed by atoms with van der Waals surface area (Å²) in [5.74, 6) is 1.94. The highest BCUT2D eigenvalue weighted by atomic mass is 16.6. The van der Waals surface area contributed by atoms with Crippen molar-refractivity contribution in [3.63, 3.8) is 0 Å². The summed E-state index contributed by atoms with van der Waals surface area (Å²) in [6.45, 7) is 0.963. The largest absolute Gasteiger partial charge is 0.486 e. The van der Waals surface area contributed by atoms with E-state index in [0.29, 0.717) is 60.1 Å². The lowest BCUT2D eigenvalue weighted by Gasteiger charge is -2.28. The van der Waals surface area contributed by atoms with E-state index in [1.54, 1.807) is 17.5 Å². The van der Waals surface area contributed by atoms with E-state index in [4.69, 9.17) is 14.2 Å². The van der Waals surface area contributed by atoms with Crippen molar-refractivity contribution >= 4 is 22.6 Å². The van der Waals surface area contributed by atoms with E-state index in [0.717, 1.165) is 18.4 Å². The molecule has 2 aliphatic rings. The van der Waals surface area contributed by atoms with Crippen LogP contribution in [0.25, 0.3) is 16.7 Å². The Morgan fingerprint density at radius 1 is 1.06 bits per heavy atom. The van der Waals surface area contributed by atoms with Gasteiger partial charge >= 0.3 is 5.97 Å². The Morgan fingerprint density at radius 3 is 2.65 bits per heavy atom. The Labute approximate surface area is 194 Å². The van der Waals surface area contributed by atoms with Gasteiger partial charge in [-0.05, 0) is 42.7 Å². The van der Waals surface area contributed by atoms with Gasteiger partial charge < -0.3 is 14.2 Å². The van der Waals surface area contributed by atoms with Crippen LogP contribution < -0.4 is 15.0 Å². The fourth-order valence-electron chi connectivity index (χ4n) is 5.18. The molecular formula is C25H24N4O5. The van der Waals surface area contributed by atoms with Gasteiger partial charge in [0.2, 0.25) is 5.78 Å². The van der Waals surface area contributed by atoms with E-state index in [9.17, 15) is 9.59 Å². The van der Waals surface area contributed by atoms with Crippen molar-refractivity contribution in [2.75, 3.05) is 13.2 Å². The first-order valence-corrected chi connectivity index (χ1v) is 11.5. The molecule has 1 fully saturated rings. The normalized spacial score (nSPS) is 16.7. The molecule has 9 nitrogen and oxygen atoms in total. The van der Waals surface area contributed by atoms with Gasteiger partial charge in [0.25, 0.3) is 5.56 Å². The molecule has 2 aromatic heterocycles. The van der Waals surface area contributed by atoms with Gasteiger partial charge in [-0.3, -0.25) is 18.6 Å². The Morgan fingerprint density at radius 2 is 1.82 bits per heavy atom. The zero-order chi connectivity index (χ0) is 23.3. The number of esters is 1. The van der Waals surface area contributed by atoms with Crippen LogP contribution in [0.2, 0.25) is 0 Å². The lowest BCUT2D eigenvalue weighted by Crippen LogP contribution is -2.35. The van der Waals surface area contributed by atoms with E-state index < -0.39 is 5.41 Å². The number of nitrogens with zero attached hydrogens (tertiary/aromatic N) is 4. The molecule has 0 saturated heterocycles. The number of carbonyl (C=O) groups is 1. The fraction of sp³-hybridized carbons (Fsp3) is 0.360. The smallest absolute Gasteiger partial charge is 0.317 e. The molecule has 1 aliphatic carbocycles. The molecule has 1 saturated carbocycles. The minimum atomic E-state index is -0.731. The fourth-order valence-corrected chi connectivity index (χ4v) is 5.18. The predicted octanol–water partition coefficient (Wildman–Crippen LogP) is 2.91. The minimum absolute atomic E-state index is 0.0471. The van der Waals surface area contributed by atoms with Gasteiger partial charge in [-0.2, -0.15) is 0 Å². The van der Waals surface area contributed by atoms with Crippen LogP contribution in [0.15, 0.2) is 47.3 Å². The topological polar surface area (TPSA) is 97.0 Å². The molecule has 6 rings (SSSR count). The number of ether oxygens (including phenoxy) is 3. The number of hydrogen-bond donors (Lipinski definition) is 0. The Bertz CT molecular complexity index is 1480. The first-order chi connectivity index (χ1) is 16.6. The van der Waals surface area contributed by atoms with Gasteiger partial charge in [-0.15, -0.1) is 10.2 Å². The third kappa shape index (κ3) is 3.07. The van der Waals surface area contributed by atoms with Gasteiger partial charge in [0.1, 0.15) is 13.2 Å². The van der Waals surface area contributed by atoms with Crippen molar-refractivity contribution in [2.45, 2.75) is 37.7 Å².